The summed E-state index contributed by atoms with van der Waals surface area (Å²) in [6.07, 6.45) is -4.54. The van der Waals surface area contributed by atoms with Gasteiger partial charge in [-0.2, -0.15) is 23.0 Å². The molecular weight excluding hydrogens is 363 g/mol. The van der Waals surface area contributed by atoms with E-state index in [2.05, 4.69) is 5.10 Å². The number of aromatic nitrogens is 2. The molecule has 0 N–H and O–H groups in total. The van der Waals surface area contributed by atoms with E-state index in [1.807, 2.05) is 0 Å². The lowest BCUT2D eigenvalue weighted by Crippen LogP contribution is -2.23. The minimum absolute atomic E-state index is 0.0140. The number of alkyl halides is 3. The first-order chi connectivity index (χ1) is 12.7. The third-order valence-electron chi connectivity index (χ3n) is 3.82. The van der Waals surface area contributed by atoms with Crippen LogP contribution in [-0.2, 0) is 6.18 Å². The Bertz CT molecular complexity index is 1090. The van der Waals surface area contributed by atoms with E-state index >= 15 is 0 Å². The highest BCUT2D eigenvalue weighted by Crippen LogP contribution is 2.31. The normalized spacial score (nSPS) is 11.4. The van der Waals surface area contributed by atoms with Gasteiger partial charge >= 0.3 is 6.18 Å². The molecule has 0 radical (unpaired) electrons. The highest BCUT2D eigenvalue weighted by molar-refractivity contribution is 5.64. The summed E-state index contributed by atoms with van der Waals surface area (Å²) in [5.74, 6) is 0. The number of nitro benzene ring substituents is 1. The van der Waals surface area contributed by atoms with Gasteiger partial charge in [-0.05, 0) is 36.8 Å². The van der Waals surface area contributed by atoms with Gasteiger partial charge in [0.25, 0.3) is 11.2 Å². The van der Waals surface area contributed by atoms with E-state index in [4.69, 9.17) is 0 Å². The maximum absolute atomic E-state index is 13.0. The third-order valence-corrected chi connectivity index (χ3v) is 3.82. The first-order valence-electron chi connectivity index (χ1n) is 7.70. The lowest BCUT2D eigenvalue weighted by atomic mass is 10.0. The monoisotopic (exact) mass is 375 g/mol. The van der Waals surface area contributed by atoms with Gasteiger partial charge in [0.1, 0.15) is 0 Å². The first kappa shape index (κ1) is 18.3. The minimum Gasteiger partial charge on any atom is -0.267 e. The van der Waals surface area contributed by atoms with E-state index in [9.17, 15) is 28.1 Å². The molecule has 6 nitrogen and oxygen atoms in total. The second-order valence-electron chi connectivity index (χ2n) is 5.77. The predicted octanol–water partition coefficient (Wildman–Crippen LogP) is 4.13. The van der Waals surface area contributed by atoms with Crippen LogP contribution >= 0.6 is 0 Å². The Morgan fingerprint density at radius 1 is 1.07 bits per heavy atom. The third kappa shape index (κ3) is 3.71. The zero-order chi connectivity index (χ0) is 19.8. The van der Waals surface area contributed by atoms with E-state index in [-0.39, 0.29) is 22.5 Å². The van der Waals surface area contributed by atoms with Crippen molar-refractivity contribution in [3.63, 3.8) is 0 Å². The van der Waals surface area contributed by atoms with Crippen molar-refractivity contribution < 1.29 is 18.1 Å². The summed E-state index contributed by atoms with van der Waals surface area (Å²) in [5.41, 5.74) is -1.18. The molecule has 3 aromatic rings. The van der Waals surface area contributed by atoms with Gasteiger partial charge in [0.15, 0.2) is 0 Å². The summed E-state index contributed by atoms with van der Waals surface area (Å²) in [5, 5.41) is 15.0. The second kappa shape index (κ2) is 6.67. The molecule has 0 amide bonds. The maximum atomic E-state index is 13.0. The number of benzene rings is 2. The topological polar surface area (TPSA) is 78.0 Å². The predicted molar refractivity (Wildman–Crippen MR) is 91.7 cm³/mol. The van der Waals surface area contributed by atoms with Crippen LogP contribution in [0.15, 0.2) is 59.4 Å². The van der Waals surface area contributed by atoms with Crippen molar-refractivity contribution in [2.75, 3.05) is 0 Å². The quantitative estimate of drug-likeness (QED) is 0.509. The van der Waals surface area contributed by atoms with Crippen molar-refractivity contribution in [2.45, 2.75) is 13.1 Å². The lowest BCUT2D eigenvalue weighted by Gasteiger charge is -2.11. The van der Waals surface area contributed by atoms with Crippen LogP contribution in [0.1, 0.15) is 11.3 Å². The smallest absolute Gasteiger partial charge is 0.267 e. The fourth-order valence-electron chi connectivity index (χ4n) is 2.60. The number of nitrogens with zero attached hydrogens (tertiary/aromatic N) is 3. The van der Waals surface area contributed by atoms with Crippen LogP contribution in [0.3, 0.4) is 0 Å². The van der Waals surface area contributed by atoms with E-state index in [0.29, 0.717) is 5.69 Å². The zero-order valence-electron chi connectivity index (χ0n) is 13.9. The lowest BCUT2D eigenvalue weighted by molar-refractivity contribution is -0.384. The van der Waals surface area contributed by atoms with Crippen LogP contribution < -0.4 is 5.56 Å². The number of nitro groups is 1. The molecule has 0 saturated heterocycles. The van der Waals surface area contributed by atoms with Crippen LogP contribution in [0, 0.1) is 17.0 Å². The van der Waals surface area contributed by atoms with Gasteiger partial charge < -0.3 is 0 Å². The summed E-state index contributed by atoms with van der Waals surface area (Å²) in [4.78, 5) is 23.1. The van der Waals surface area contributed by atoms with Crippen molar-refractivity contribution in [1.82, 2.24) is 9.78 Å². The number of hydrogen-bond donors (Lipinski definition) is 0. The molecule has 2 aromatic carbocycles. The average molecular weight is 375 g/mol. The number of aryl methyl sites for hydroxylation is 1. The molecule has 0 spiro atoms. The molecule has 0 bridgehead atoms. The van der Waals surface area contributed by atoms with E-state index in [0.717, 1.165) is 16.8 Å². The molecule has 0 fully saturated rings. The molecule has 0 aliphatic rings. The fourth-order valence-corrected chi connectivity index (χ4v) is 2.60. The molecule has 0 aliphatic carbocycles. The summed E-state index contributed by atoms with van der Waals surface area (Å²) in [6.45, 7) is 1.57. The SMILES string of the molecule is Cc1cc(-c2cccc(C(F)(F)F)c2)c(=O)n(-c2cccc([N+](=O)[O-])c2)n1. The Hall–Kier alpha value is -3.49. The molecule has 0 aliphatic heterocycles. The van der Waals surface area contributed by atoms with Crippen LogP contribution in [0.4, 0.5) is 18.9 Å². The molecule has 0 atom stereocenters. The van der Waals surface area contributed by atoms with Crippen LogP contribution in [0.25, 0.3) is 16.8 Å². The largest absolute Gasteiger partial charge is 0.416 e. The molecule has 27 heavy (non-hydrogen) atoms. The molecule has 3 rings (SSSR count). The van der Waals surface area contributed by atoms with Gasteiger partial charge in [-0.25, -0.2) is 0 Å². The molecule has 0 saturated carbocycles. The Kier molecular flexibility index (Phi) is 4.52. The van der Waals surface area contributed by atoms with Crippen molar-refractivity contribution in [1.29, 1.82) is 0 Å². The van der Waals surface area contributed by atoms with Crippen molar-refractivity contribution in [3.8, 4) is 16.8 Å². The van der Waals surface area contributed by atoms with Crippen molar-refractivity contribution in [2.24, 2.45) is 0 Å². The van der Waals surface area contributed by atoms with Gasteiger partial charge in [0, 0.05) is 12.1 Å². The average Bonchev–Trinajstić information content (AvgIpc) is 2.63. The van der Waals surface area contributed by atoms with Gasteiger partial charge in [0.2, 0.25) is 0 Å². The summed E-state index contributed by atoms with van der Waals surface area (Å²) in [6, 6.07) is 11.1. The standard InChI is InChI=1S/C18H12F3N3O3/c1-11-8-16(12-4-2-5-13(9-12)18(19,20)21)17(25)23(22-11)14-6-3-7-15(10-14)24(26)27/h2-10H,1H3. The summed E-state index contributed by atoms with van der Waals surface area (Å²) in [7, 11) is 0. The van der Waals surface area contributed by atoms with Gasteiger partial charge in [-0.3, -0.25) is 14.9 Å². The molecule has 1 heterocycles. The molecule has 0 unspecified atom stereocenters. The first-order valence-corrected chi connectivity index (χ1v) is 7.70. The number of halogens is 3. The van der Waals surface area contributed by atoms with Crippen LogP contribution in [0.5, 0.6) is 0 Å². The summed E-state index contributed by atoms with van der Waals surface area (Å²) >= 11 is 0. The molecule has 1 aromatic heterocycles. The van der Waals surface area contributed by atoms with Gasteiger partial charge in [0.05, 0.1) is 27.4 Å². The van der Waals surface area contributed by atoms with Crippen LogP contribution in [-0.4, -0.2) is 14.7 Å². The molecular formula is C18H12F3N3O3. The Morgan fingerprint density at radius 3 is 2.44 bits per heavy atom. The molecule has 138 valence electrons. The zero-order valence-corrected chi connectivity index (χ0v) is 13.9. The highest BCUT2D eigenvalue weighted by atomic mass is 19.4. The van der Waals surface area contributed by atoms with E-state index in [1.54, 1.807) is 6.92 Å². The summed E-state index contributed by atoms with van der Waals surface area (Å²) < 4.78 is 39.8. The number of non-ortho nitro benzene ring substituents is 1. The second-order valence-corrected chi connectivity index (χ2v) is 5.77. The van der Waals surface area contributed by atoms with E-state index < -0.39 is 22.2 Å². The van der Waals surface area contributed by atoms with Gasteiger partial charge in [-0.15, -0.1) is 0 Å². The van der Waals surface area contributed by atoms with Crippen LogP contribution in [0.2, 0.25) is 0 Å². The minimum atomic E-state index is -4.54. The number of hydrogen-bond acceptors (Lipinski definition) is 4. The van der Waals surface area contributed by atoms with E-state index in [1.165, 1.54) is 42.5 Å². The highest BCUT2D eigenvalue weighted by Gasteiger charge is 2.30. The Labute approximate surface area is 150 Å². The Balaban J connectivity index is 2.20. The fraction of sp³-hybridized carbons (Fsp3) is 0.111. The van der Waals surface area contributed by atoms with Crippen molar-refractivity contribution in [3.05, 3.63) is 86.3 Å². The van der Waals surface area contributed by atoms with Crippen molar-refractivity contribution >= 4 is 5.69 Å². The Morgan fingerprint density at radius 2 is 1.78 bits per heavy atom. The maximum Gasteiger partial charge on any atom is 0.416 e. The number of rotatable bonds is 3. The molecule has 9 heteroatoms. The van der Waals surface area contributed by atoms with Gasteiger partial charge in [-0.1, -0.05) is 18.2 Å².